The first-order chi connectivity index (χ1) is 9.29. The summed E-state index contributed by atoms with van der Waals surface area (Å²) in [5.41, 5.74) is 0. The van der Waals surface area contributed by atoms with Crippen molar-refractivity contribution < 1.29 is 15.0 Å². The van der Waals surface area contributed by atoms with Gasteiger partial charge in [-0.3, -0.25) is 4.79 Å². The Labute approximate surface area is 120 Å². The van der Waals surface area contributed by atoms with Crippen LogP contribution in [0.15, 0.2) is 35.2 Å². The van der Waals surface area contributed by atoms with Crippen molar-refractivity contribution in [2.45, 2.75) is 43.4 Å². The van der Waals surface area contributed by atoms with Crippen LogP contribution in [0.1, 0.15) is 38.5 Å². The summed E-state index contributed by atoms with van der Waals surface area (Å²) in [6.45, 7) is 0. The fraction of sp³-hybridized carbons (Fsp3) is 0.533. The SMILES string of the molecule is CO.O=C(O)CCCCCCCSc1ccccc1. The number of hydrogen-bond donors (Lipinski definition) is 2. The molecule has 0 amide bonds. The summed E-state index contributed by atoms with van der Waals surface area (Å²) < 4.78 is 0. The Balaban J connectivity index is 0.00000154. The van der Waals surface area contributed by atoms with Crippen LogP contribution in [-0.4, -0.2) is 29.0 Å². The molecule has 0 fully saturated rings. The predicted molar refractivity (Wildman–Crippen MR) is 80.6 cm³/mol. The van der Waals surface area contributed by atoms with Gasteiger partial charge >= 0.3 is 5.97 Å². The Bertz CT molecular complexity index is 314. The third-order valence-corrected chi connectivity index (χ3v) is 3.65. The first-order valence-electron chi connectivity index (χ1n) is 6.63. The third kappa shape index (κ3) is 11.8. The fourth-order valence-corrected chi connectivity index (χ4v) is 2.55. The lowest BCUT2D eigenvalue weighted by molar-refractivity contribution is -0.137. The van der Waals surface area contributed by atoms with Crippen molar-refractivity contribution in [1.29, 1.82) is 0 Å². The third-order valence-electron chi connectivity index (χ3n) is 2.55. The minimum Gasteiger partial charge on any atom is -0.481 e. The van der Waals surface area contributed by atoms with Gasteiger partial charge in [0.25, 0.3) is 0 Å². The van der Waals surface area contributed by atoms with Gasteiger partial charge < -0.3 is 10.2 Å². The van der Waals surface area contributed by atoms with E-state index in [1.165, 1.54) is 17.7 Å². The first kappa shape index (κ1) is 18.0. The van der Waals surface area contributed by atoms with Gasteiger partial charge in [-0.1, -0.05) is 37.5 Å². The molecule has 0 aliphatic rings. The molecular formula is C15H24O3S. The molecule has 0 bridgehead atoms. The molecule has 0 aliphatic carbocycles. The molecule has 1 aromatic carbocycles. The summed E-state index contributed by atoms with van der Waals surface area (Å²) in [7, 11) is 1.00. The second-order valence-electron chi connectivity index (χ2n) is 4.07. The van der Waals surface area contributed by atoms with Crippen molar-refractivity contribution in [3.05, 3.63) is 30.3 Å². The molecule has 0 aliphatic heterocycles. The van der Waals surface area contributed by atoms with Gasteiger partial charge in [-0.05, 0) is 30.7 Å². The Morgan fingerprint density at radius 3 is 2.21 bits per heavy atom. The van der Waals surface area contributed by atoms with Crippen LogP contribution in [0.25, 0.3) is 0 Å². The van der Waals surface area contributed by atoms with Gasteiger partial charge in [0, 0.05) is 18.4 Å². The van der Waals surface area contributed by atoms with Crippen LogP contribution >= 0.6 is 11.8 Å². The van der Waals surface area contributed by atoms with E-state index in [0.717, 1.165) is 32.1 Å². The summed E-state index contributed by atoms with van der Waals surface area (Å²) in [6, 6.07) is 10.4. The number of carboxylic acid groups (broad SMARTS) is 1. The molecule has 19 heavy (non-hydrogen) atoms. The van der Waals surface area contributed by atoms with Crippen molar-refractivity contribution in [1.82, 2.24) is 0 Å². The van der Waals surface area contributed by atoms with Gasteiger partial charge in [-0.15, -0.1) is 11.8 Å². The summed E-state index contributed by atoms with van der Waals surface area (Å²) in [6.07, 6.45) is 5.76. The summed E-state index contributed by atoms with van der Waals surface area (Å²) >= 11 is 1.89. The molecule has 0 radical (unpaired) electrons. The smallest absolute Gasteiger partial charge is 0.303 e. The summed E-state index contributed by atoms with van der Waals surface area (Å²) in [4.78, 5) is 11.6. The average Bonchev–Trinajstić information content (AvgIpc) is 2.45. The minimum atomic E-state index is -0.676. The molecule has 0 heterocycles. The van der Waals surface area contributed by atoms with E-state index in [0.29, 0.717) is 6.42 Å². The van der Waals surface area contributed by atoms with Gasteiger partial charge in [0.2, 0.25) is 0 Å². The van der Waals surface area contributed by atoms with Gasteiger partial charge in [-0.2, -0.15) is 0 Å². The normalized spacial score (nSPS) is 9.58. The highest BCUT2D eigenvalue weighted by Crippen LogP contribution is 2.19. The number of aliphatic carboxylic acids is 1. The zero-order valence-electron chi connectivity index (χ0n) is 11.5. The summed E-state index contributed by atoms with van der Waals surface area (Å²) in [5, 5.41) is 15.5. The van der Waals surface area contributed by atoms with E-state index in [2.05, 4.69) is 24.3 Å². The van der Waals surface area contributed by atoms with Crippen molar-refractivity contribution in [3.8, 4) is 0 Å². The molecule has 1 aromatic rings. The largest absolute Gasteiger partial charge is 0.481 e. The van der Waals surface area contributed by atoms with E-state index in [4.69, 9.17) is 10.2 Å². The highest BCUT2D eigenvalue weighted by molar-refractivity contribution is 7.99. The van der Waals surface area contributed by atoms with Crippen LogP contribution < -0.4 is 0 Å². The predicted octanol–water partition coefficient (Wildman–Crippen LogP) is 3.81. The molecule has 4 heteroatoms. The highest BCUT2D eigenvalue weighted by atomic mass is 32.2. The fourth-order valence-electron chi connectivity index (χ4n) is 1.62. The zero-order chi connectivity index (χ0) is 14.3. The lowest BCUT2D eigenvalue weighted by Gasteiger charge is -2.01. The number of benzene rings is 1. The lowest BCUT2D eigenvalue weighted by atomic mass is 10.1. The maximum absolute atomic E-state index is 10.3. The van der Waals surface area contributed by atoms with E-state index in [-0.39, 0.29) is 0 Å². The second-order valence-corrected chi connectivity index (χ2v) is 5.24. The number of aliphatic hydroxyl groups excluding tert-OH is 1. The highest BCUT2D eigenvalue weighted by Gasteiger charge is 1.97. The first-order valence-corrected chi connectivity index (χ1v) is 7.62. The second kappa shape index (κ2) is 13.4. The number of hydrogen-bond acceptors (Lipinski definition) is 3. The molecule has 0 unspecified atom stereocenters. The molecule has 0 spiro atoms. The van der Waals surface area contributed by atoms with E-state index in [1.807, 2.05) is 17.8 Å². The van der Waals surface area contributed by atoms with Crippen LogP contribution in [0.3, 0.4) is 0 Å². The molecule has 0 saturated heterocycles. The van der Waals surface area contributed by atoms with Gasteiger partial charge in [0.15, 0.2) is 0 Å². The Hall–Kier alpha value is -1.00. The molecule has 3 nitrogen and oxygen atoms in total. The number of aliphatic hydroxyl groups is 1. The van der Waals surface area contributed by atoms with Gasteiger partial charge in [0.1, 0.15) is 0 Å². The van der Waals surface area contributed by atoms with Crippen molar-refractivity contribution >= 4 is 17.7 Å². The van der Waals surface area contributed by atoms with Crippen LogP contribution in [0.5, 0.6) is 0 Å². The average molecular weight is 284 g/mol. The number of rotatable bonds is 9. The molecule has 0 aromatic heterocycles. The quantitative estimate of drug-likeness (QED) is 0.535. The molecule has 1 rings (SSSR count). The Morgan fingerprint density at radius 1 is 1.00 bits per heavy atom. The molecule has 108 valence electrons. The maximum atomic E-state index is 10.3. The Kier molecular flexibility index (Phi) is 12.7. The van der Waals surface area contributed by atoms with Gasteiger partial charge in [-0.25, -0.2) is 0 Å². The van der Waals surface area contributed by atoms with Crippen molar-refractivity contribution in [2.75, 3.05) is 12.9 Å². The molecule has 2 N–H and O–H groups in total. The van der Waals surface area contributed by atoms with E-state index >= 15 is 0 Å². The maximum Gasteiger partial charge on any atom is 0.303 e. The zero-order valence-corrected chi connectivity index (χ0v) is 12.4. The van der Waals surface area contributed by atoms with Crippen LogP contribution in [0, 0.1) is 0 Å². The standard InChI is InChI=1S/C14H20O2S.CH4O/c15-14(16)11-7-2-1-3-8-12-17-13-9-5-4-6-10-13;1-2/h4-6,9-10H,1-3,7-8,11-12H2,(H,15,16);2H,1H3. The topological polar surface area (TPSA) is 57.5 Å². The van der Waals surface area contributed by atoms with E-state index < -0.39 is 5.97 Å². The molecular weight excluding hydrogens is 260 g/mol. The molecule has 0 saturated carbocycles. The lowest BCUT2D eigenvalue weighted by Crippen LogP contribution is -1.93. The number of carboxylic acids is 1. The van der Waals surface area contributed by atoms with E-state index in [9.17, 15) is 4.79 Å². The minimum absolute atomic E-state index is 0.318. The number of unbranched alkanes of at least 4 members (excludes halogenated alkanes) is 4. The monoisotopic (exact) mass is 284 g/mol. The van der Waals surface area contributed by atoms with Crippen LogP contribution in [0.4, 0.5) is 0 Å². The van der Waals surface area contributed by atoms with E-state index in [1.54, 1.807) is 0 Å². The molecule has 0 atom stereocenters. The number of thioether (sulfide) groups is 1. The number of carbonyl (C=O) groups is 1. The Morgan fingerprint density at radius 2 is 1.58 bits per heavy atom. The summed E-state index contributed by atoms with van der Waals surface area (Å²) in [5.74, 6) is 0.479. The van der Waals surface area contributed by atoms with Crippen molar-refractivity contribution in [2.24, 2.45) is 0 Å². The van der Waals surface area contributed by atoms with Gasteiger partial charge in [0.05, 0.1) is 0 Å². The van der Waals surface area contributed by atoms with Crippen LogP contribution in [0.2, 0.25) is 0 Å². The van der Waals surface area contributed by atoms with Crippen molar-refractivity contribution in [3.63, 3.8) is 0 Å². The van der Waals surface area contributed by atoms with Crippen LogP contribution in [-0.2, 0) is 4.79 Å².